The van der Waals surface area contributed by atoms with Crippen LogP contribution in [0.25, 0.3) is 0 Å². The number of Topliss-reactive ketones (excluding diaryl/α,β-unsaturated/α-hetero) is 1. The van der Waals surface area contributed by atoms with Crippen LogP contribution in [-0.2, 0) is 9.59 Å². The van der Waals surface area contributed by atoms with Gasteiger partial charge in [-0.25, -0.2) is 0 Å². The van der Waals surface area contributed by atoms with Crippen molar-refractivity contribution < 1.29 is 14.7 Å². The van der Waals surface area contributed by atoms with Crippen LogP contribution < -0.4 is 5.32 Å². The summed E-state index contributed by atoms with van der Waals surface area (Å²) in [6.45, 7) is 2.54. The van der Waals surface area contributed by atoms with Crippen molar-refractivity contribution in [3.8, 4) is 0 Å². The Morgan fingerprint density at radius 3 is 3.09 bits per heavy atom. The van der Waals surface area contributed by atoms with Crippen LogP contribution in [-0.4, -0.2) is 58.6 Å². The summed E-state index contributed by atoms with van der Waals surface area (Å²) in [6.07, 6.45) is 1.83. The van der Waals surface area contributed by atoms with Crippen LogP contribution in [0.3, 0.4) is 0 Å². The third-order valence-corrected chi connectivity index (χ3v) is 6.02. The van der Waals surface area contributed by atoms with E-state index in [1.54, 1.807) is 0 Å². The van der Waals surface area contributed by atoms with Crippen molar-refractivity contribution in [2.75, 3.05) is 13.1 Å². The first-order valence-corrected chi connectivity index (χ1v) is 8.53. The van der Waals surface area contributed by atoms with Gasteiger partial charge in [0.05, 0.1) is 29.3 Å². The van der Waals surface area contributed by atoms with E-state index in [9.17, 15) is 14.7 Å². The van der Waals surface area contributed by atoms with E-state index >= 15 is 0 Å². The Labute approximate surface area is 138 Å². The van der Waals surface area contributed by atoms with Gasteiger partial charge in [0, 0.05) is 12.5 Å². The number of rotatable bonds is 4. The van der Waals surface area contributed by atoms with Crippen molar-refractivity contribution in [3.05, 3.63) is 9.94 Å². The van der Waals surface area contributed by atoms with E-state index in [4.69, 9.17) is 11.6 Å². The number of thioether (sulfide) groups is 1. The van der Waals surface area contributed by atoms with Gasteiger partial charge in [-0.3, -0.25) is 19.5 Å². The fourth-order valence-electron chi connectivity index (χ4n) is 2.99. The lowest BCUT2D eigenvalue weighted by atomic mass is 9.99. The van der Waals surface area contributed by atoms with E-state index in [0.717, 1.165) is 5.57 Å². The molecule has 1 fully saturated rings. The molecule has 0 bridgehead atoms. The van der Waals surface area contributed by atoms with Gasteiger partial charge in [0.2, 0.25) is 5.91 Å². The van der Waals surface area contributed by atoms with E-state index < -0.39 is 6.10 Å². The SMILES string of the molecule is CC1=C(Cl)SC2N=CN(CC(=O)CC3NCCC3O)C(=O)C12. The maximum Gasteiger partial charge on any atom is 0.238 e. The first-order valence-electron chi connectivity index (χ1n) is 7.27. The number of aliphatic hydroxyl groups is 1. The number of nitrogens with zero attached hydrogens (tertiary/aromatic N) is 2. The first kappa shape index (κ1) is 16.0. The number of halogens is 1. The van der Waals surface area contributed by atoms with Gasteiger partial charge in [0.1, 0.15) is 5.37 Å². The summed E-state index contributed by atoms with van der Waals surface area (Å²) in [5, 5.41) is 12.6. The number of carbonyl (C=O) groups excluding carboxylic acids is 2. The molecule has 0 saturated carbocycles. The molecule has 1 saturated heterocycles. The van der Waals surface area contributed by atoms with Crippen molar-refractivity contribution in [1.82, 2.24) is 10.2 Å². The summed E-state index contributed by atoms with van der Waals surface area (Å²) in [4.78, 5) is 30.3. The van der Waals surface area contributed by atoms with Gasteiger partial charge in [-0.1, -0.05) is 23.4 Å². The number of hydrogen-bond donors (Lipinski definition) is 2. The molecule has 0 aliphatic carbocycles. The minimum Gasteiger partial charge on any atom is -0.391 e. The summed E-state index contributed by atoms with van der Waals surface area (Å²) >= 11 is 7.46. The molecule has 0 aromatic heterocycles. The zero-order valence-corrected chi connectivity index (χ0v) is 13.7. The number of carbonyl (C=O) groups is 2. The molecule has 2 N–H and O–H groups in total. The number of hydrogen-bond acceptors (Lipinski definition) is 6. The van der Waals surface area contributed by atoms with E-state index in [1.807, 2.05) is 6.92 Å². The Hall–Kier alpha value is -0.890. The molecular formula is C14H18ClN3O3S. The minimum absolute atomic E-state index is 0.00792. The quantitative estimate of drug-likeness (QED) is 0.785. The van der Waals surface area contributed by atoms with Crippen LogP contribution >= 0.6 is 23.4 Å². The first-order chi connectivity index (χ1) is 10.5. The van der Waals surface area contributed by atoms with Gasteiger partial charge in [0.25, 0.3) is 0 Å². The molecule has 8 heteroatoms. The predicted octanol–water partition coefficient (Wildman–Crippen LogP) is 0.698. The van der Waals surface area contributed by atoms with Gasteiger partial charge in [-0.15, -0.1) is 0 Å². The lowest BCUT2D eigenvalue weighted by molar-refractivity contribution is -0.134. The Morgan fingerprint density at radius 1 is 1.64 bits per heavy atom. The average Bonchev–Trinajstić information content (AvgIpc) is 2.99. The molecule has 22 heavy (non-hydrogen) atoms. The van der Waals surface area contributed by atoms with Crippen molar-refractivity contribution in [3.63, 3.8) is 0 Å². The van der Waals surface area contributed by atoms with Crippen molar-refractivity contribution in [1.29, 1.82) is 0 Å². The number of aliphatic hydroxyl groups excluding tert-OH is 1. The third kappa shape index (κ3) is 2.95. The molecule has 0 radical (unpaired) electrons. The van der Waals surface area contributed by atoms with Crippen molar-refractivity contribution >= 4 is 41.4 Å². The second-order valence-corrected chi connectivity index (χ2v) is 7.56. The van der Waals surface area contributed by atoms with Gasteiger partial charge in [-0.2, -0.15) is 0 Å². The highest BCUT2D eigenvalue weighted by atomic mass is 35.5. The number of aliphatic imine (C=N–C) groups is 1. The number of amides is 1. The second kappa shape index (κ2) is 6.31. The number of nitrogens with one attached hydrogen (secondary N) is 1. The molecule has 6 nitrogen and oxygen atoms in total. The highest BCUT2D eigenvalue weighted by molar-refractivity contribution is 8.05. The molecule has 3 heterocycles. The lowest BCUT2D eigenvalue weighted by Crippen LogP contribution is -2.45. The van der Waals surface area contributed by atoms with E-state index in [2.05, 4.69) is 10.3 Å². The average molecular weight is 344 g/mol. The smallest absolute Gasteiger partial charge is 0.238 e. The van der Waals surface area contributed by atoms with Crippen LogP contribution in [0.4, 0.5) is 0 Å². The van der Waals surface area contributed by atoms with Crippen molar-refractivity contribution in [2.45, 2.75) is 37.3 Å². The third-order valence-electron chi connectivity index (χ3n) is 4.29. The van der Waals surface area contributed by atoms with E-state index in [-0.39, 0.29) is 42.0 Å². The molecule has 0 aromatic carbocycles. The zero-order chi connectivity index (χ0) is 15.9. The highest BCUT2D eigenvalue weighted by Gasteiger charge is 2.42. The number of ketones is 1. The standard InChI is InChI=1S/C14H18ClN3O3S/c1-7-11-13(22-12(7)15)17-6-18(14(11)21)5-8(19)4-9-10(20)2-3-16-9/h6,9-11,13,16,20H,2-5H2,1H3. The van der Waals surface area contributed by atoms with Crippen LogP contribution in [0.15, 0.2) is 14.9 Å². The van der Waals surface area contributed by atoms with Gasteiger partial charge in [0.15, 0.2) is 5.78 Å². The van der Waals surface area contributed by atoms with Gasteiger partial charge >= 0.3 is 0 Å². The molecule has 0 spiro atoms. The van der Waals surface area contributed by atoms with E-state index in [1.165, 1.54) is 23.0 Å². The minimum atomic E-state index is -0.491. The molecule has 120 valence electrons. The molecule has 3 aliphatic rings. The number of fused-ring (bicyclic) bond motifs is 1. The maximum absolute atomic E-state index is 12.5. The summed E-state index contributed by atoms with van der Waals surface area (Å²) in [5.41, 5.74) is 0.823. The molecule has 0 aromatic rings. The highest BCUT2D eigenvalue weighted by Crippen LogP contribution is 2.46. The Balaban J connectivity index is 1.62. The molecule has 4 atom stereocenters. The molecule has 1 amide bonds. The van der Waals surface area contributed by atoms with Gasteiger partial charge < -0.3 is 10.4 Å². The summed E-state index contributed by atoms with van der Waals surface area (Å²) in [7, 11) is 0. The maximum atomic E-state index is 12.5. The largest absolute Gasteiger partial charge is 0.391 e. The Kier molecular flexibility index (Phi) is 4.59. The Morgan fingerprint density at radius 2 is 2.41 bits per heavy atom. The molecule has 4 unspecified atom stereocenters. The van der Waals surface area contributed by atoms with Crippen LogP contribution in [0.1, 0.15) is 19.8 Å². The van der Waals surface area contributed by atoms with Crippen LogP contribution in [0.5, 0.6) is 0 Å². The van der Waals surface area contributed by atoms with E-state index in [0.29, 0.717) is 17.3 Å². The zero-order valence-electron chi connectivity index (χ0n) is 12.2. The molecule has 3 rings (SSSR count). The fraction of sp³-hybridized carbons (Fsp3) is 0.643. The topological polar surface area (TPSA) is 82.0 Å². The monoisotopic (exact) mass is 343 g/mol. The molecular weight excluding hydrogens is 326 g/mol. The van der Waals surface area contributed by atoms with Crippen molar-refractivity contribution in [2.24, 2.45) is 10.9 Å². The fourth-order valence-corrected chi connectivity index (χ4v) is 4.48. The van der Waals surface area contributed by atoms with Gasteiger partial charge in [-0.05, 0) is 25.5 Å². The summed E-state index contributed by atoms with van der Waals surface area (Å²) < 4.78 is 0.618. The van der Waals surface area contributed by atoms with Crippen LogP contribution in [0.2, 0.25) is 0 Å². The summed E-state index contributed by atoms with van der Waals surface area (Å²) in [5.74, 6) is -0.588. The molecule has 3 aliphatic heterocycles. The summed E-state index contributed by atoms with van der Waals surface area (Å²) in [6, 6.07) is -0.213. The second-order valence-electron chi connectivity index (χ2n) is 5.83. The predicted molar refractivity (Wildman–Crippen MR) is 85.7 cm³/mol. The normalized spacial score (nSPS) is 34.5. The Bertz CT molecular complexity index is 566. The van der Waals surface area contributed by atoms with Crippen LogP contribution in [0, 0.1) is 5.92 Å². The lowest BCUT2D eigenvalue weighted by Gasteiger charge is -2.28.